The highest BCUT2D eigenvalue weighted by molar-refractivity contribution is 6.39. The highest BCUT2D eigenvalue weighted by Crippen LogP contribution is 2.24. The van der Waals surface area contributed by atoms with Gasteiger partial charge in [0.05, 0.1) is 11.8 Å². The van der Waals surface area contributed by atoms with E-state index in [1.54, 1.807) is 56.3 Å². The maximum absolute atomic E-state index is 13.0. The Bertz CT molecular complexity index is 1100. The van der Waals surface area contributed by atoms with E-state index >= 15 is 0 Å². The average Bonchev–Trinajstić information content (AvgIpc) is 2.72. The second-order valence-electron chi connectivity index (χ2n) is 7.62. The Morgan fingerprint density at radius 2 is 1.72 bits per heavy atom. The number of esters is 1. The number of carbonyl (C=O) groups excluding carboxylic acids is 4. The minimum atomic E-state index is -0.794. The van der Waals surface area contributed by atoms with E-state index in [-0.39, 0.29) is 18.3 Å². The number of ether oxygens (including phenoxy) is 2. The zero-order valence-corrected chi connectivity index (χ0v) is 18.3. The van der Waals surface area contributed by atoms with E-state index < -0.39 is 23.8 Å². The zero-order valence-electron chi connectivity index (χ0n) is 18.3. The molecule has 1 N–H and O–H groups in total. The summed E-state index contributed by atoms with van der Waals surface area (Å²) in [5.41, 5.74) is 2.70. The van der Waals surface area contributed by atoms with E-state index in [2.05, 4.69) is 5.32 Å². The van der Waals surface area contributed by atoms with E-state index in [4.69, 9.17) is 9.47 Å². The first-order valence-electron chi connectivity index (χ1n) is 10.1. The summed E-state index contributed by atoms with van der Waals surface area (Å²) in [6.07, 6.45) is 1.17. The lowest BCUT2D eigenvalue weighted by atomic mass is 10.1. The van der Waals surface area contributed by atoms with Gasteiger partial charge in [-0.15, -0.1) is 0 Å². The smallest absolute Gasteiger partial charge is 0.344 e. The largest absolute Gasteiger partial charge is 0.482 e. The highest BCUT2D eigenvalue weighted by atomic mass is 16.6. The minimum Gasteiger partial charge on any atom is -0.482 e. The van der Waals surface area contributed by atoms with Crippen molar-refractivity contribution in [1.82, 2.24) is 5.32 Å². The minimum absolute atomic E-state index is 0.169. The van der Waals surface area contributed by atoms with Crippen LogP contribution in [0.5, 0.6) is 5.75 Å². The van der Waals surface area contributed by atoms with Crippen LogP contribution in [0, 0.1) is 13.8 Å². The molecule has 8 nitrogen and oxygen atoms in total. The lowest BCUT2D eigenvalue weighted by Crippen LogP contribution is -2.54. The third-order valence-corrected chi connectivity index (χ3v) is 4.77. The number of carbonyl (C=O) groups is 4. The molecule has 0 atom stereocenters. The molecule has 2 aromatic carbocycles. The highest BCUT2D eigenvalue weighted by Gasteiger charge is 2.36. The Balaban J connectivity index is 1.78. The fourth-order valence-electron chi connectivity index (χ4n) is 3.02. The molecule has 8 heteroatoms. The predicted molar refractivity (Wildman–Crippen MR) is 118 cm³/mol. The normalized spacial score (nSPS) is 15.2. The molecular weight excluding hydrogens is 412 g/mol. The van der Waals surface area contributed by atoms with Crippen molar-refractivity contribution >= 4 is 35.6 Å². The van der Waals surface area contributed by atoms with Crippen molar-refractivity contribution < 1.29 is 28.7 Å². The molecule has 1 saturated heterocycles. The van der Waals surface area contributed by atoms with Gasteiger partial charge in [0.1, 0.15) is 11.3 Å². The van der Waals surface area contributed by atoms with Gasteiger partial charge in [-0.25, -0.2) is 14.5 Å². The second-order valence-corrected chi connectivity index (χ2v) is 7.62. The van der Waals surface area contributed by atoms with Crippen LogP contribution in [0.4, 0.5) is 10.5 Å². The molecule has 166 valence electrons. The molecule has 1 aliphatic rings. The van der Waals surface area contributed by atoms with E-state index in [0.717, 1.165) is 16.0 Å². The number of barbiturate groups is 1. The molecule has 2 aromatic rings. The standard InChI is InChI=1S/C24H24N2O6/c1-14(2)32-21(27)13-31-19-9-6-17(7-10-19)12-20-22(28)25-24(30)26(23(20)29)18-8-5-15(3)16(4)11-18/h5-12,14H,13H2,1-4H3,(H,25,28,30)/b20-12+. The summed E-state index contributed by atoms with van der Waals surface area (Å²) in [5, 5.41) is 2.21. The lowest BCUT2D eigenvalue weighted by Gasteiger charge is -2.26. The molecule has 1 fully saturated rings. The van der Waals surface area contributed by atoms with Crippen LogP contribution in [0.25, 0.3) is 6.08 Å². The van der Waals surface area contributed by atoms with Crippen molar-refractivity contribution in [2.45, 2.75) is 33.8 Å². The van der Waals surface area contributed by atoms with Crippen LogP contribution in [0.3, 0.4) is 0 Å². The van der Waals surface area contributed by atoms with Gasteiger partial charge in [-0.1, -0.05) is 18.2 Å². The first-order chi connectivity index (χ1) is 15.2. The van der Waals surface area contributed by atoms with Crippen LogP contribution in [0.2, 0.25) is 0 Å². The van der Waals surface area contributed by atoms with E-state index in [0.29, 0.717) is 17.0 Å². The van der Waals surface area contributed by atoms with Gasteiger partial charge in [0, 0.05) is 0 Å². The summed E-state index contributed by atoms with van der Waals surface area (Å²) < 4.78 is 10.4. The molecule has 0 spiro atoms. The number of hydrogen-bond donors (Lipinski definition) is 1. The molecule has 0 saturated carbocycles. The fourth-order valence-corrected chi connectivity index (χ4v) is 3.02. The molecule has 0 bridgehead atoms. The van der Waals surface area contributed by atoms with Crippen molar-refractivity contribution in [3.63, 3.8) is 0 Å². The van der Waals surface area contributed by atoms with Gasteiger partial charge in [-0.05, 0) is 74.7 Å². The van der Waals surface area contributed by atoms with Crippen molar-refractivity contribution in [3.05, 3.63) is 64.7 Å². The molecular formula is C24H24N2O6. The number of nitrogens with one attached hydrogen (secondary N) is 1. The first-order valence-corrected chi connectivity index (χ1v) is 10.1. The summed E-state index contributed by atoms with van der Waals surface area (Å²) in [7, 11) is 0. The number of nitrogens with zero attached hydrogens (tertiary/aromatic N) is 1. The number of amides is 4. The monoisotopic (exact) mass is 436 g/mol. The summed E-state index contributed by atoms with van der Waals surface area (Å²) in [5.74, 6) is -1.53. The number of benzene rings is 2. The van der Waals surface area contributed by atoms with Crippen molar-refractivity contribution in [1.29, 1.82) is 0 Å². The number of hydrogen-bond acceptors (Lipinski definition) is 6. The first kappa shape index (κ1) is 22.7. The maximum atomic E-state index is 13.0. The van der Waals surface area contributed by atoms with Gasteiger partial charge in [0.25, 0.3) is 11.8 Å². The van der Waals surface area contributed by atoms with Gasteiger partial charge in [0.15, 0.2) is 6.61 Å². The predicted octanol–water partition coefficient (Wildman–Crippen LogP) is 3.30. The molecule has 0 radical (unpaired) electrons. The fraction of sp³-hybridized carbons (Fsp3) is 0.250. The lowest BCUT2D eigenvalue weighted by molar-refractivity contribution is -0.149. The quantitative estimate of drug-likeness (QED) is 0.424. The van der Waals surface area contributed by atoms with Crippen molar-refractivity contribution in [2.75, 3.05) is 11.5 Å². The Hall–Kier alpha value is -3.94. The summed E-state index contributed by atoms with van der Waals surface area (Å²) in [4.78, 5) is 50.2. The maximum Gasteiger partial charge on any atom is 0.344 e. The Morgan fingerprint density at radius 1 is 1.03 bits per heavy atom. The molecule has 1 heterocycles. The Morgan fingerprint density at radius 3 is 2.34 bits per heavy atom. The summed E-state index contributed by atoms with van der Waals surface area (Å²) >= 11 is 0. The van der Waals surface area contributed by atoms with Crippen LogP contribution >= 0.6 is 0 Å². The van der Waals surface area contributed by atoms with E-state index in [9.17, 15) is 19.2 Å². The number of rotatable bonds is 6. The van der Waals surface area contributed by atoms with Gasteiger partial charge < -0.3 is 9.47 Å². The third-order valence-electron chi connectivity index (χ3n) is 4.77. The number of urea groups is 1. The van der Waals surface area contributed by atoms with Crippen LogP contribution in [0.1, 0.15) is 30.5 Å². The zero-order chi connectivity index (χ0) is 23.4. The summed E-state index contributed by atoms with van der Waals surface area (Å²) in [6.45, 7) is 7.06. The number of aryl methyl sites for hydroxylation is 2. The number of anilines is 1. The molecule has 0 unspecified atom stereocenters. The Labute approximate surface area is 185 Å². The summed E-state index contributed by atoms with van der Waals surface area (Å²) in [6, 6.07) is 10.9. The Kier molecular flexibility index (Phi) is 6.73. The van der Waals surface area contributed by atoms with Gasteiger partial charge in [-0.3, -0.25) is 14.9 Å². The molecule has 4 amide bonds. The van der Waals surface area contributed by atoms with Crippen molar-refractivity contribution in [3.8, 4) is 5.75 Å². The van der Waals surface area contributed by atoms with Crippen LogP contribution in [-0.4, -0.2) is 36.5 Å². The third kappa shape index (κ3) is 5.21. The average molecular weight is 436 g/mol. The number of imide groups is 2. The van der Waals surface area contributed by atoms with E-state index in [1.165, 1.54) is 6.08 Å². The molecule has 32 heavy (non-hydrogen) atoms. The molecule has 1 aliphatic heterocycles. The SMILES string of the molecule is Cc1ccc(N2C(=O)NC(=O)/C(=C\c3ccc(OCC(=O)OC(C)C)cc3)C2=O)cc1C. The van der Waals surface area contributed by atoms with Gasteiger partial charge >= 0.3 is 12.0 Å². The van der Waals surface area contributed by atoms with Crippen molar-refractivity contribution in [2.24, 2.45) is 0 Å². The van der Waals surface area contributed by atoms with Gasteiger partial charge in [0.2, 0.25) is 0 Å². The second kappa shape index (κ2) is 9.47. The topological polar surface area (TPSA) is 102 Å². The van der Waals surface area contributed by atoms with Crippen LogP contribution in [-0.2, 0) is 19.1 Å². The van der Waals surface area contributed by atoms with Crippen LogP contribution < -0.4 is 15.0 Å². The van der Waals surface area contributed by atoms with Gasteiger partial charge in [-0.2, -0.15) is 0 Å². The van der Waals surface area contributed by atoms with E-state index in [1.807, 2.05) is 13.8 Å². The molecule has 0 aromatic heterocycles. The molecule has 3 rings (SSSR count). The molecule has 0 aliphatic carbocycles. The van der Waals surface area contributed by atoms with Crippen LogP contribution in [0.15, 0.2) is 48.0 Å².